The average molecular weight is 231 g/mol. The number of hydrogen-bond acceptors (Lipinski definition) is 3. The fourth-order valence-corrected chi connectivity index (χ4v) is 1.23. The number of hydrogen-bond donors (Lipinski definition) is 1. The Labute approximate surface area is 96.4 Å². The van der Waals surface area contributed by atoms with Gasteiger partial charge in [-0.05, 0) is 27.7 Å². The lowest BCUT2D eigenvalue weighted by Gasteiger charge is -2.32. The molecule has 1 amide bonds. The third-order valence-electron chi connectivity index (χ3n) is 2.49. The number of carbonyl (C=O) groups is 2. The number of carboxylic acids is 1. The molecule has 0 radical (unpaired) electrons. The predicted octanol–water partition coefficient (Wildman–Crippen LogP) is 0.981. The number of aliphatic carboxylic acids is 1. The minimum Gasteiger partial charge on any atom is -0.480 e. The number of methoxy groups -OCH3 is 1. The van der Waals surface area contributed by atoms with Crippen molar-refractivity contribution in [1.82, 2.24) is 4.90 Å². The Morgan fingerprint density at radius 2 is 1.88 bits per heavy atom. The summed E-state index contributed by atoms with van der Waals surface area (Å²) < 4.78 is 4.90. The van der Waals surface area contributed by atoms with Crippen LogP contribution in [-0.2, 0) is 14.3 Å². The van der Waals surface area contributed by atoms with Crippen LogP contribution in [0.5, 0.6) is 0 Å². The molecule has 0 spiro atoms. The molecule has 0 rings (SSSR count). The first-order chi connectivity index (χ1) is 7.25. The number of carboxylic acid groups (broad SMARTS) is 1. The highest BCUT2D eigenvalue weighted by Gasteiger charge is 2.39. The van der Waals surface area contributed by atoms with E-state index in [1.165, 1.54) is 18.7 Å². The van der Waals surface area contributed by atoms with E-state index in [0.717, 1.165) is 0 Å². The summed E-state index contributed by atoms with van der Waals surface area (Å²) in [6, 6.07) is -0.0405. The molecule has 0 saturated heterocycles. The first-order valence-corrected chi connectivity index (χ1v) is 5.28. The van der Waals surface area contributed by atoms with Crippen molar-refractivity contribution in [3.05, 3.63) is 0 Å². The summed E-state index contributed by atoms with van der Waals surface area (Å²) in [7, 11) is 1.55. The zero-order valence-corrected chi connectivity index (χ0v) is 10.6. The van der Waals surface area contributed by atoms with Crippen LogP contribution in [0, 0.1) is 5.41 Å². The van der Waals surface area contributed by atoms with Crippen molar-refractivity contribution in [1.29, 1.82) is 0 Å². The molecule has 0 heterocycles. The van der Waals surface area contributed by atoms with Gasteiger partial charge in [0.15, 0.2) is 0 Å². The molecule has 94 valence electrons. The Bertz CT molecular complexity index is 261. The van der Waals surface area contributed by atoms with Crippen molar-refractivity contribution in [3.8, 4) is 0 Å². The highest BCUT2D eigenvalue weighted by molar-refractivity contribution is 6.01. The number of rotatable bonds is 6. The molecule has 0 aliphatic carbocycles. The highest BCUT2D eigenvalue weighted by atomic mass is 16.5. The molecular formula is C11H21NO4. The van der Waals surface area contributed by atoms with Crippen molar-refractivity contribution < 1.29 is 19.4 Å². The van der Waals surface area contributed by atoms with E-state index >= 15 is 0 Å². The van der Waals surface area contributed by atoms with Crippen LogP contribution in [-0.4, -0.2) is 48.2 Å². The van der Waals surface area contributed by atoms with Crippen molar-refractivity contribution in [3.63, 3.8) is 0 Å². The molecule has 5 heteroatoms. The summed E-state index contributed by atoms with van der Waals surface area (Å²) in [6.07, 6.45) is 0. The Balaban J connectivity index is 4.80. The zero-order valence-electron chi connectivity index (χ0n) is 10.6. The van der Waals surface area contributed by atoms with Gasteiger partial charge in [0.1, 0.15) is 5.41 Å². The molecule has 1 N–H and O–H groups in total. The monoisotopic (exact) mass is 231 g/mol. The Morgan fingerprint density at radius 1 is 1.38 bits per heavy atom. The zero-order chi connectivity index (χ0) is 12.9. The summed E-state index contributed by atoms with van der Waals surface area (Å²) in [4.78, 5) is 24.6. The van der Waals surface area contributed by atoms with Crippen LogP contribution in [0.3, 0.4) is 0 Å². The fourth-order valence-electron chi connectivity index (χ4n) is 1.23. The molecule has 5 nitrogen and oxygen atoms in total. The quantitative estimate of drug-likeness (QED) is 0.692. The summed E-state index contributed by atoms with van der Waals surface area (Å²) >= 11 is 0. The largest absolute Gasteiger partial charge is 0.480 e. The van der Waals surface area contributed by atoms with E-state index in [9.17, 15) is 9.59 Å². The smallest absolute Gasteiger partial charge is 0.318 e. The van der Waals surface area contributed by atoms with E-state index < -0.39 is 11.4 Å². The second kappa shape index (κ2) is 5.84. The van der Waals surface area contributed by atoms with Crippen LogP contribution >= 0.6 is 0 Å². The Morgan fingerprint density at radius 3 is 2.19 bits per heavy atom. The van der Waals surface area contributed by atoms with E-state index in [4.69, 9.17) is 9.84 Å². The minimum atomic E-state index is -1.39. The summed E-state index contributed by atoms with van der Waals surface area (Å²) in [5, 5.41) is 8.99. The molecule has 16 heavy (non-hydrogen) atoms. The van der Waals surface area contributed by atoms with E-state index in [0.29, 0.717) is 13.2 Å². The molecule has 0 aromatic carbocycles. The molecule has 0 aliphatic heterocycles. The maximum absolute atomic E-state index is 12.0. The van der Waals surface area contributed by atoms with Gasteiger partial charge < -0.3 is 14.7 Å². The van der Waals surface area contributed by atoms with Gasteiger partial charge in [0.2, 0.25) is 5.91 Å². The topological polar surface area (TPSA) is 66.8 Å². The van der Waals surface area contributed by atoms with Crippen molar-refractivity contribution in [2.75, 3.05) is 20.3 Å². The third kappa shape index (κ3) is 3.48. The molecule has 0 unspecified atom stereocenters. The van der Waals surface area contributed by atoms with E-state index in [1.807, 2.05) is 13.8 Å². The summed E-state index contributed by atoms with van der Waals surface area (Å²) in [5.74, 6) is -1.49. The van der Waals surface area contributed by atoms with Gasteiger partial charge in [-0.2, -0.15) is 0 Å². The molecular weight excluding hydrogens is 210 g/mol. The van der Waals surface area contributed by atoms with Gasteiger partial charge in [-0.3, -0.25) is 9.59 Å². The first kappa shape index (κ1) is 14.9. The van der Waals surface area contributed by atoms with Crippen LogP contribution in [0.15, 0.2) is 0 Å². The van der Waals surface area contributed by atoms with Gasteiger partial charge in [0, 0.05) is 19.7 Å². The highest BCUT2D eigenvalue weighted by Crippen LogP contribution is 2.20. The molecule has 0 fully saturated rings. The maximum Gasteiger partial charge on any atom is 0.318 e. The van der Waals surface area contributed by atoms with Crippen LogP contribution < -0.4 is 0 Å². The lowest BCUT2D eigenvalue weighted by molar-refractivity contribution is -0.159. The van der Waals surface area contributed by atoms with Gasteiger partial charge in [-0.25, -0.2) is 0 Å². The Kier molecular flexibility index (Phi) is 5.44. The van der Waals surface area contributed by atoms with Crippen molar-refractivity contribution in [2.45, 2.75) is 33.7 Å². The number of carbonyl (C=O) groups excluding carboxylic acids is 1. The van der Waals surface area contributed by atoms with Crippen LogP contribution in [0.2, 0.25) is 0 Å². The van der Waals surface area contributed by atoms with E-state index in [1.54, 1.807) is 7.11 Å². The number of nitrogens with zero attached hydrogens (tertiary/aromatic N) is 1. The van der Waals surface area contributed by atoms with Gasteiger partial charge in [-0.1, -0.05) is 0 Å². The van der Waals surface area contributed by atoms with E-state index in [2.05, 4.69) is 0 Å². The molecule has 0 saturated carbocycles. The molecule has 0 aliphatic rings. The Hall–Kier alpha value is -1.10. The van der Waals surface area contributed by atoms with Gasteiger partial charge in [0.05, 0.1) is 6.61 Å². The second-order valence-electron chi connectivity index (χ2n) is 4.52. The maximum atomic E-state index is 12.0. The van der Waals surface area contributed by atoms with Gasteiger partial charge in [0.25, 0.3) is 0 Å². The summed E-state index contributed by atoms with van der Waals surface area (Å²) in [6.45, 7) is 7.35. The standard InChI is InChI=1S/C11H21NO4/c1-8(2)12(6-7-16-5)9(13)11(3,4)10(14)15/h8H,6-7H2,1-5H3,(H,14,15). The van der Waals surface area contributed by atoms with Crippen molar-refractivity contribution in [2.24, 2.45) is 5.41 Å². The lowest BCUT2D eigenvalue weighted by atomic mass is 9.91. The van der Waals surface area contributed by atoms with Crippen molar-refractivity contribution >= 4 is 11.9 Å². The number of ether oxygens (including phenoxy) is 1. The summed E-state index contributed by atoms with van der Waals surface area (Å²) in [5.41, 5.74) is -1.39. The molecule has 0 atom stereocenters. The molecule has 0 aromatic rings. The fraction of sp³-hybridized carbons (Fsp3) is 0.818. The normalized spacial score (nSPS) is 11.6. The van der Waals surface area contributed by atoms with Gasteiger partial charge in [-0.15, -0.1) is 0 Å². The SMILES string of the molecule is COCCN(C(=O)C(C)(C)C(=O)O)C(C)C. The van der Waals surface area contributed by atoms with E-state index in [-0.39, 0.29) is 11.9 Å². The predicted molar refractivity (Wildman–Crippen MR) is 60.1 cm³/mol. The van der Waals surface area contributed by atoms with Crippen LogP contribution in [0.1, 0.15) is 27.7 Å². The lowest BCUT2D eigenvalue weighted by Crippen LogP contribution is -2.49. The van der Waals surface area contributed by atoms with Crippen LogP contribution in [0.25, 0.3) is 0 Å². The minimum absolute atomic E-state index is 0.0405. The first-order valence-electron chi connectivity index (χ1n) is 5.28. The average Bonchev–Trinajstić information content (AvgIpc) is 2.17. The molecule has 0 bridgehead atoms. The van der Waals surface area contributed by atoms with Gasteiger partial charge >= 0.3 is 5.97 Å². The number of amides is 1. The third-order valence-corrected chi connectivity index (χ3v) is 2.49. The van der Waals surface area contributed by atoms with Crippen LogP contribution in [0.4, 0.5) is 0 Å². The second-order valence-corrected chi connectivity index (χ2v) is 4.52. The molecule has 0 aromatic heterocycles.